The van der Waals surface area contributed by atoms with Crippen LogP contribution in [0.25, 0.3) is 0 Å². The fraction of sp³-hybridized carbons (Fsp3) is 0.133. The minimum Gasteiger partial charge on any atom is -0.273 e. The number of hydrogen-bond donors (Lipinski definition) is 2. The highest BCUT2D eigenvalue weighted by Gasteiger charge is 2.16. The molecule has 2 aromatic carbocycles. The van der Waals surface area contributed by atoms with Crippen molar-refractivity contribution in [2.75, 3.05) is 0 Å². The molecule has 0 saturated heterocycles. The van der Waals surface area contributed by atoms with E-state index in [0.29, 0.717) is 5.56 Å². The normalized spacial score (nSPS) is 11.1. The van der Waals surface area contributed by atoms with E-state index in [9.17, 15) is 13.2 Å². The van der Waals surface area contributed by atoms with Gasteiger partial charge in [0, 0.05) is 5.56 Å². The highest BCUT2D eigenvalue weighted by molar-refractivity contribution is 7.89. The molecule has 2 rings (SSSR count). The minimum atomic E-state index is -3.77. The van der Waals surface area contributed by atoms with Gasteiger partial charge in [-0.3, -0.25) is 10.2 Å². The van der Waals surface area contributed by atoms with Crippen molar-refractivity contribution in [1.29, 1.82) is 0 Å². The van der Waals surface area contributed by atoms with E-state index in [4.69, 9.17) is 0 Å². The maximum atomic E-state index is 12.1. The molecular weight excluding hydrogens is 288 g/mol. The van der Waals surface area contributed by atoms with Gasteiger partial charge < -0.3 is 0 Å². The Balaban J connectivity index is 2.13. The molecule has 0 aliphatic carbocycles. The molecule has 2 aromatic rings. The van der Waals surface area contributed by atoms with Gasteiger partial charge in [-0.2, -0.15) is 0 Å². The van der Waals surface area contributed by atoms with Crippen LogP contribution in [0.5, 0.6) is 0 Å². The van der Waals surface area contributed by atoms with E-state index >= 15 is 0 Å². The van der Waals surface area contributed by atoms with Gasteiger partial charge in [0.2, 0.25) is 0 Å². The van der Waals surface area contributed by atoms with Gasteiger partial charge in [0.05, 0.1) is 4.90 Å². The molecule has 0 heterocycles. The molecule has 0 fully saturated rings. The lowest BCUT2D eigenvalue weighted by Gasteiger charge is -2.10. The molecule has 5 nitrogen and oxygen atoms in total. The summed E-state index contributed by atoms with van der Waals surface area (Å²) < 4.78 is 24.0. The number of amides is 1. The Kier molecular flexibility index (Phi) is 4.40. The molecule has 0 saturated carbocycles. The minimum absolute atomic E-state index is 0.0891. The summed E-state index contributed by atoms with van der Waals surface area (Å²) in [7, 11) is -3.77. The first kappa shape index (κ1) is 15.2. The number of aryl methyl sites for hydroxylation is 2. The summed E-state index contributed by atoms with van der Waals surface area (Å²) in [6.45, 7) is 3.66. The molecular formula is C15H16N2O3S. The fourth-order valence-corrected chi connectivity index (χ4v) is 2.68. The summed E-state index contributed by atoms with van der Waals surface area (Å²) in [5.74, 6) is -0.490. The lowest BCUT2D eigenvalue weighted by atomic mass is 10.1. The molecule has 0 atom stereocenters. The number of benzene rings is 2. The fourth-order valence-electron chi connectivity index (χ4n) is 1.82. The van der Waals surface area contributed by atoms with E-state index in [-0.39, 0.29) is 4.90 Å². The Labute approximate surface area is 124 Å². The van der Waals surface area contributed by atoms with E-state index in [2.05, 4.69) is 10.3 Å². The second kappa shape index (κ2) is 6.07. The SMILES string of the molecule is Cc1ccc(C)c(C(=O)NNS(=O)(=O)c2ccccc2)c1. The number of nitrogens with one attached hydrogen (secondary N) is 2. The van der Waals surface area contributed by atoms with Gasteiger partial charge in [-0.1, -0.05) is 35.9 Å². The van der Waals surface area contributed by atoms with Crippen molar-refractivity contribution in [2.24, 2.45) is 0 Å². The third-order valence-corrected chi connectivity index (χ3v) is 4.25. The zero-order valence-electron chi connectivity index (χ0n) is 11.8. The molecule has 0 aliphatic heterocycles. The number of carbonyl (C=O) groups excluding carboxylic acids is 1. The van der Waals surface area contributed by atoms with Crippen molar-refractivity contribution in [2.45, 2.75) is 18.7 Å². The summed E-state index contributed by atoms with van der Waals surface area (Å²) >= 11 is 0. The predicted octanol–water partition coefficient (Wildman–Crippen LogP) is 1.93. The summed E-state index contributed by atoms with van der Waals surface area (Å²) in [5.41, 5.74) is 4.37. The van der Waals surface area contributed by atoms with Crippen LogP contribution >= 0.6 is 0 Å². The van der Waals surface area contributed by atoms with E-state index < -0.39 is 15.9 Å². The van der Waals surface area contributed by atoms with Crippen molar-refractivity contribution in [1.82, 2.24) is 10.3 Å². The Morgan fingerprint density at radius 2 is 1.67 bits per heavy atom. The Morgan fingerprint density at radius 1 is 1.00 bits per heavy atom. The molecule has 0 aliphatic rings. The van der Waals surface area contributed by atoms with Crippen molar-refractivity contribution in [3.63, 3.8) is 0 Å². The van der Waals surface area contributed by atoms with Crippen LogP contribution < -0.4 is 10.3 Å². The lowest BCUT2D eigenvalue weighted by molar-refractivity contribution is 0.0944. The molecule has 110 valence electrons. The monoisotopic (exact) mass is 304 g/mol. The highest BCUT2D eigenvalue weighted by Crippen LogP contribution is 2.11. The van der Waals surface area contributed by atoms with E-state index in [1.54, 1.807) is 31.2 Å². The first-order valence-corrected chi connectivity index (χ1v) is 7.83. The van der Waals surface area contributed by atoms with Crippen molar-refractivity contribution >= 4 is 15.9 Å². The van der Waals surface area contributed by atoms with Gasteiger partial charge in [-0.25, -0.2) is 8.42 Å². The maximum Gasteiger partial charge on any atom is 0.266 e. The third kappa shape index (κ3) is 3.68. The number of sulfonamides is 1. The zero-order chi connectivity index (χ0) is 15.5. The number of hydrazine groups is 1. The van der Waals surface area contributed by atoms with Crippen LogP contribution in [0.4, 0.5) is 0 Å². The first-order valence-electron chi connectivity index (χ1n) is 6.34. The van der Waals surface area contributed by atoms with Crippen LogP contribution in [0, 0.1) is 13.8 Å². The summed E-state index contributed by atoms with van der Waals surface area (Å²) in [6.07, 6.45) is 0. The van der Waals surface area contributed by atoms with Crippen LogP contribution in [-0.4, -0.2) is 14.3 Å². The summed E-state index contributed by atoms with van der Waals surface area (Å²) in [5, 5.41) is 0. The summed E-state index contributed by atoms with van der Waals surface area (Å²) in [4.78, 5) is 14.2. The summed E-state index contributed by atoms with van der Waals surface area (Å²) in [6, 6.07) is 13.3. The van der Waals surface area contributed by atoms with Crippen LogP contribution in [-0.2, 0) is 10.0 Å². The third-order valence-electron chi connectivity index (χ3n) is 2.99. The molecule has 21 heavy (non-hydrogen) atoms. The van der Waals surface area contributed by atoms with Crippen LogP contribution in [0.15, 0.2) is 53.4 Å². The average molecular weight is 304 g/mol. The van der Waals surface area contributed by atoms with Gasteiger partial charge in [-0.15, -0.1) is 4.83 Å². The van der Waals surface area contributed by atoms with Gasteiger partial charge in [0.25, 0.3) is 15.9 Å². The maximum absolute atomic E-state index is 12.1. The van der Waals surface area contributed by atoms with E-state index in [1.165, 1.54) is 12.1 Å². The number of carbonyl (C=O) groups is 1. The van der Waals surface area contributed by atoms with Crippen molar-refractivity contribution in [3.8, 4) is 0 Å². The molecule has 1 amide bonds. The number of hydrogen-bond acceptors (Lipinski definition) is 3. The molecule has 2 N–H and O–H groups in total. The molecule has 6 heteroatoms. The smallest absolute Gasteiger partial charge is 0.266 e. The standard InChI is InChI=1S/C15H16N2O3S/c1-11-8-9-12(2)14(10-11)15(18)16-17-21(19,20)13-6-4-3-5-7-13/h3-10,17H,1-2H3,(H,16,18). The van der Waals surface area contributed by atoms with Crippen LogP contribution in [0.3, 0.4) is 0 Å². The van der Waals surface area contributed by atoms with Crippen LogP contribution in [0.2, 0.25) is 0 Å². The van der Waals surface area contributed by atoms with Crippen molar-refractivity contribution in [3.05, 3.63) is 65.2 Å². The first-order chi connectivity index (χ1) is 9.90. The van der Waals surface area contributed by atoms with Gasteiger partial charge in [-0.05, 0) is 37.6 Å². The average Bonchev–Trinajstić information content (AvgIpc) is 2.48. The Morgan fingerprint density at radius 3 is 2.33 bits per heavy atom. The van der Waals surface area contributed by atoms with Gasteiger partial charge >= 0.3 is 0 Å². The Bertz CT molecular complexity index is 756. The van der Waals surface area contributed by atoms with Gasteiger partial charge in [0.1, 0.15) is 0 Å². The quantitative estimate of drug-likeness (QED) is 0.848. The zero-order valence-corrected chi connectivity index (χ0v) is 12.6. The molecule has 0 unspecified atom stereocenters. The molecule has 0 spiro atoms. The Hall–Kier alpha value is -2.18. The predicted molar refractivity (Wildman–Crippen MR) is 80.1 cm³/mol. The number of rotatable bonds is 4. The molecule has 0 radical (unpaired) electrons. The molecule has 0 bridgehead atoms. The lowest BCUT2D eigenvalue weighted by Crippen LogP contribution is -2.41. The topological polar surface area (TPSA) is 75.3 Å². The molecule has 0 aromatic heterocycles. The van der Waals surface area contributed by atoms with Crippen molar-refractivity contribution < 1.29 is 13.2 Å². The largest absolute Gasteiger partial charge is 0.273 e. The second-order valence-electron chi connectivity index (χ2n) is 4.69. The highest BCUT2D eigenvalue weighted by atomic mass is 32.2. The van der Waals surface area contributed by atoms with Gasteiger partial charge in [0.15, 0.2) is 0 Å². The van der Waals surface area contributed by atoms with Crippen LogP contribution in [0.1, 0.15) is 21.5 Å². The second-order valence-corrected chi connectivity index (χ2v) is 6.37. The van der Waals surface area contributed by atoms with E-state index in [1.807, 2.05) is 19.1 Å². The van der Waals surface area contributed by atoms with E-state index in [0.717, 1.165) is 11.1 Å².